The predicted octanol–water partition coefficient (Wildman–Crippen LogP) is 7.09. The summed E-state index contributed by atoms with van der Waals surface area (Å²) < 4.78 is 5.32. The molecule has 1 aliphatic rings. The molecule has 0 radical (unpaired) electrons. The number of oxazole rings is 1. The zero-order chi connectivity index (χ0) is 26.3. The molecule has 1 aliphatic carbocycles. The van der Waals surface area contributed by atoms with Gasteiger partial charge in [0.05, 0.1) is 12.7 Å². The lowest BCUT2D eigenvalue weighted by atomic mass is 9.88. The van der Waals surface area contributed by atoms with E-state index in [1.807, 2.05) is 66.5 Å². The number of rotatable bonds is 8. The summed E-state index contributed by atoms with van der Waals surface area (Å²) in [6.07, 6.45) is 14.3. The molecule has 0 bridgehead atoms. The van der Waals surface area contributed by atoms with Gasteiger partial charge < -0.3 is 14.2 Å². The number of carbonyl (C=O) groups is 1. The SMILES string of the molecule is CN(C)c1ccc(-c2ccc(CN(C(=O)C3CCCCC3)c3cccc(/C=C/c4ncco4)c3)cc2)cn1. The monoisotopic (exact) mass is 506 g/mol. The smallest absolute Gasteiger partial charge is 0.230 e. The van der Waals surface area contributed by atoms with E-state index < -0.39 is 0 Å². The van der Waals surface area contributed by atoms with Crippen molar-refractivity contribution >= 4 is 29.6 Å². The van der Waals surface area contributed by atoms with Gasteiger partial charge in [0.2, 0.25) is 11.8 Å². The Morgan fingerprint density at radius 1 is 0.947 bits per heavy atom. The third-order valence-corrected chi connectivity index (χ3v) is 7.11. The summed E-state index contributed by atoms with van der Waals surface area (Å²) >= 11 is 0. The molecular weight excluding hydrogens is 472 g/mol. The maximum atomic E-state index is 13.8. The van der Waals surface area contributed by atoms with Gasteiger partial charge in [0.1, 0.15) is 12.1 Å². The molecule has 0 aliphatic heterocycles. The van der Waals surface area contributed by atoms with Crippen molar-refractivity contribution in [3.05, 3.63) is 96.3 Å². The molecule has 1 saturated carbocycles. The third-order valence-electron chi connectivity index (χ3n) is 7.11. The van der Waals surface area contributed by atoms with Gasteiger partial charge in [0.25, 0.3) is 0 Å². The molecule has 6 heteroatoms. The minimum absolute atomic E-state index is 0.0795. The van der Waals surface area contributed by atoms with E-state index in [9.17, 15) is 4.79 Å². The molecule has 0 saturated heterocycles. The molecule has 0 atom stereocenters. The Hall–Kier alpha value is -4.19. The lowest BCUT2D eigenvalue weighted by Gasteiger charge is -2.30. The van der Waals surface area contributed by atoms with Crippen LogP contribution in [0, 0.1) is 5.92 Å². The molecule has 0 N–H and O–H groups in total. The van der Waals surface area contributed by atoms with Crippen molar-refractivity contribution in [3.63, 3.8) is 0 Å². The number of carbonyl (C=O) groups excluding carboxylic acids is 1. The van der Waals surface area contributed by atoms with Gasteiger partial charge in [-0.3, -0.25) is 4.79 Å². The van der Waals surface area contributed by atoms with Gasteiger partial charge in [-0.15, -0.1) is 0 Å². The first-order valence-corrected chi connectivity index (χ1v) is 13.3. The molecule has 6 nitrogen and oxygen atoms in total. The maximum absolute atomic E-state index is 13.8. The summed E-state index contributed by atoms with van der Waals surface area (Å²) in [5.41, 5.74) is 5.17. The highest BCUT2D eigenvalue weighted by atomic mass is 16.3. The van der Waals surface area contributed by atoms with Crippen molar-refractivity contribution in [2.45, 2.75) is 38.6 Å². The van der Waals surface area contributed by atoms with E-state index >= 15 is 0 Å². The molecule has 2 aromatic carbocycles. The molecule has 2 aromatic heterocycles. The number of pyridine rings is 1. The van der Waals surface area contributed by atoms with Crippen LogP contribution in [-0.4, -0.2) is 30.0 Å². The van der Waals surface area contributed by atoms with Gasteiger partial charge in [-0.25, -0.2) is 9.97 Å². The van der Waals surface area contributed by atoms with Crippen LogP contribution < -0.4 is 9.80 Å². The summed E-state index contributed by atoms with van der Waals surface area (Å²) in [7, 11) is 3.97. The van der Waals surface area contributed by atoms with Crippen LogP contribution in [0.5, 0.6) is 0 Å². The molecule has 1 fully saturated rings. The summed E-state index contributed by atoms with van der Waals surface area (Å²) in [4.78, 5) is 26.4. The van der Waals surface area contributed by atoms with Crippen molar-refractivity contribution < 1.29 is 9.21 Å². The van der Waals surface area contributed by atoms with E-state index in [1.165, 1.54) is 6.42 Å². The summed E-state index contributed by atoms with van der Waals surface area (Å²) in [6.45, 7) is 0.528. The number of hydrogen-bond acceptors (Lipinski definition) is 5. The minimum atomic E-state index is 0.0795. The first-order valence-electron chi connectivity index (χ1n) is 13.3. The van der Waals surface area contributed by atoms with Gasteiger partial charge in [-0.2, -0.15) is 0 Å². The quantitative estimate of drug-likeness (QED) is 0.255. The van der Waals surface area contributed by atoms with Crippen LogP contribution in [0.4, 0.5) is 11.5 Å². The fourth-order valence-corrected chi connectivity index (χ4v) is 4.95. The van der Waals surface area contributed by atoms with Crippen LogP contribution in [0.1, 0.15) is 49.1 Å². The van der Waals surface area contributed by atoms with E-state index in [1.54, 1.807) is 12.5 Å². The third kappa shape index (κ3) is 6.20. The second-order valence-corrected chi connectivity index (χ2v) is 10.1. The first-order chi connectivity index (χ1) is 18.6. The summed E-state index contributed by atoms with van der Waals surface area (Å²) in [6, 6.07) is 20.7. The second-order valence-electron chi connectivity index (χ2n) is 10.1. The Balaban J connectivity index is 1.39. The Kier molecular flexibility index (Phi) is 7.98. The zero-order valence-corrected chi connectivity index (χ0v) is 22.1. The molecule has 5 rings (SSSR count). The fourth-order valence-electron chi connectivity index (χ4n) is 4.95. The molecular formula is C32H34N4O2. The van der Waals surface area contributed by atoms with Crippen molar-refractivity contribution in [1.29, 1.82) is 0 Å². The molecule has 38 heavy (non-hydrogen) atoms. The van der Waals surface area contributed by atoms with Gasteiger partial charge in [-0.05, 0) is 59.9 Å². The van der Waals surface area contributed by atoms with Crippen LogP contribution in [0.2, 0.25) is 0 Å². The van der Waals surface area contributed by atoms with Gasteiger partial charge in [0.15, 0.2) is 0 Å². The van der Waals surface area contributed by atoms with Crippen LogP contribution in [0.15, 0.2) is 83.7 Å². The number of amides is 1. The Labute approximate surface area is 224 Å². The normalized spacial score (nSPS) is 14.1. The van der Waals surface area contributed by atoms with E-state index in [0.29, 0.717) is 12.4 Å². The van der Waals surface area contributed by atoms with Crippen LogP contribution in [-0.2, 0) is 11.3 Å². The number of hydrogen-bond donors (Lipinski definition) is 0. The Bertz CT molecular complexity index is 1350. The van der Waals surface area contributed by atoms with Crippen molar-refractivity contribution in [3.8, 4) is 11.1 Å². The van der Waals surface area contributed by atoms with Gasteiger partial charge in [0, 0.05) is 43.5 Å². The first kappa shape index (κ1) is 25.5. The van der Waals surface area contributed by atoms with E-state index in [4.69, 9.17) is 4.42 Å². The lowest BCUT2D eigenvalue weighted by molar-refractivity contribution is -0.123. The van der Waals surface area contributed by atoms with Crippen molar-refractivity contribution in [2.24, 2.45) is 5.92 Å². The van der Waals surface area contributed by atoms with Crippen molar-refractivity contribution in [1.82, 2.24) is 9.97 Å². The molecule has 0 unspecified atom stereocenters. The zero-order valence-electron chi connectivity index (χ0n) is 22.1. The summed E-state index contributed by atoms with van der Waals surface area (Å²) in [5, 5.41) is 0. The second kappa shape index (κ2) is 11.9. The van der Waals surface area contributed by atoms with Crippen LogP contribution >= 0.6 is 0 Å². The molecule has 4 aromatic rings. The van der Waals surface area contributed by atoms with E-state index in [2.05, 4.69) is 46.4 Å². The molecule has 2 heterocycles. The fraction of sp³-hybridized carbons (Fsp3) is 0.281. The van der Waals surface area contributed by atoms with Gasteiger partial charge in [-0.1, -0.05) is 55.7 Å². The van der Waals surface area contributed by atoms with Crippen LogP contribution in [0.25, 0.3) is 23.3 Å². The molecule has 0 spiro atoms. The van der Waals surface area contributed by atoms with Gasteiger partial charge >= 0.3 is 0 Å². The molecule has 194 valence electrons. The average Bonchev–Trinajstić information content (AvgIpc) is 3.49. The highest BCUT2D eigenvalue weighted by Crippen LogP contribution is 2.30. The number of nitrogens with zero attached hydrogens (tertiary/aromatic N) is 4. The van der Waals surface area contributed by atoms with Crippen molar-refractivity contribution in [2.75, 3.05) is 23.9 Å². The van der Waals surface area contributed by atoms with Crippen LogP contribution in [0.3, 0.4) is 0 Å². The highest BCUT2D eigenvalue weighted by molar-refractivity contribution is 5.95. The predicted molar refractivity (Wildman–Crippen MR) is 154 cm³/mol. The van der Waals surface area contributed by atoms with E-state index in [-0.39, 0.29) is 11.8 Å². The highest BCUT2D eigenvalue weighted by Gasteiger charge is 2.27. The maximum Gasteiger partial charge on any atom is 0.230 e. The average molecular weight is 507 g/mol. The van der Waals surface area contributed by atoms with E-state index in [0.717, 1.165) is 59.4 Å². The number of anilines is 2. The minimum Gasteiger partial charge on any atom is -0.445 e. The Morgan fingerprint density at radius 3 is 2.42 bits per heavy atom. The number of benzene rings is 2. The molecule has 1 amide bonds. The lowest BCUT2D eigenvalue weighted by Crippen LogP contribution is -2.36. The number of aromatic nitrogens is 2. The standard InChI is InChI=1S/C32H34N4O2/c1-35(2)30-17-16-28(22-34-30)26-14-11-25(12-15-26)23-36(32(37)27-8-4-3-5-9-27)29-10-6-7-24(21-29)13-18-31-33-19-20-38-31/h6-7,10-22,27H,3-5,8-9,23H2,1-2H3/b18-13+. The summed E-state index contributed by atoms with van der Waals surface area (Å²) in [5.74, 6) is 1.78. The largest absolute Gasteiger partial charge is 0.445 e. The Morgan fingerprint density at radius 2 is 1.74 bits per heavy atom. The topological polar surface area (TPSA) is 62.5 Å².